The lowest BCUT2D eigenvalue weighted by Gasteiger charge is -2.17. The van der Waals surface area contributed by atoms with Gasteiger partial charge in [0.25, 0.3) is 0 Å². The minimum absolute atomic E-state index is 0.0984. The molecule has 2 rings (SSSR count). The Hall–Kier alpha value is -3.30. The second-order valence-electron chi connectivity index (χ2n) is 9.31. The maximum atomic E-state index is 5.98. The molecule has 0 unspecified atom stereocenters. The van der Waals surface area contributed by atoms with E-state index < -0.39 is 0 Å². The van der Waals surface area contributed by atoms with Gasteiger partial charge < -0.3 is 37.9 Å². The summed E-state index contributed by atoms with van der Waals surface area (Å²) in [6, 6.07) is 9.61. The quantitative estimate of drug-likeness (QED) is 0.104. The summed E-state index contributed by atoms with van der Waals surface area (Å²) < 4.78 is 43.7. The Morgan fingerprint density at radius 3 is 1.65 bits per heavy atom. The molecule has 0 bridgehead atoms. The Labute approximate surface area is 239 Å². The van der Waals surface area contributed by atoms with E-state index in [1.165, 1.54) is 11.1 Å². The van der Waals surface area contributed by atoms with E-state index in [-0.39, 0.29) is 27.2 Å². The van der Waals surface area contributed by atoms with Gasteiger partial charge in [0.15, 0.2) is 38.7 Å². The van der Waals surface area contributed by atoms with Gasteiger partial charge in [-0.25, -0.2) is 0 Å². The molecule has 0 aliphatic carbocycles. The van der Waals surface area contributed by atoms with Gasteiger partial charge in [-0.1, -0.05) is 41.5 Å². The Kier molecular flexibility index (Phi) is 15.5. The van der Waals surface area contributed by atoms with Crippen LogP contribution in [0.25, 0.3) is 12.2 Å². The molecule has 0 saturated heterocycles. The van der Waals surface area contributed by atoms with Crippen molar-refractivity contribution in [2.45, 2.75) is 40.0 Å². The number of benzene rings is 2. The van der Waals surface area contributed by atoms with E-state index in [1.807, 2.05) is 42.5 Å². The number of hydrogen-bond donors (Lipinski definition) is 0. The summed E-state index contributed by atoms with van der Waals surface area (Å²) in [5.41, 5.74) is 5.37. The molecule has 40 heavy (non-hydrogen) atoms. The second kappa shape index (κ2) is 18.9. The summed E-state index contributed by atoms with van der Waals surface area (Å²) >= 11 is 0. The van der Waals surface area contributed by atoms with E-state index in [0.717, 1.165) is 29.5 Å². The van der Waals surface area contributed by atoms with Crippen molar-refractivity contribution in [3.05, 3.63) is 70.3 Å². The molecule has 0 fully saturated rings. The van der Waals surface area contributed by atoms with Crippen LogP contribution in [0.2, 0.25) is 0 Å². The highest BCUT2D eigenvalue weighted by Gasteiger charge is 2.13. The highest BCUT2D eigenvalue weighted by molar-refractivity contribution is 5.73. The minimum Gasteiger partial charge on any atom is -0.467 e. The highest BCUT2D eigenvalue weighted by Crippen LogP contribution is 2.34. The van der Waals surface area contributed by atoms with Crippen molar-refractivity contribution >= 4 is 12.2 Å². The first kappa shape index (κ1) is 32.9. The fraction of sp³-hybridized carbons (Fsp3) is 0.438. The van der Waals surface area contributed by atoms with Crippen molar-refractivity contribution in [1.29, 1.82) is 0 Å². The molecule has 2 aromatic rings. The Morgan fingerprint density at radius 1 is 0.600 bits per heavy atom. The zero-order valence-electron chi connectivity index (χ0n) is 24.9. The number of allylic oxidation sites excluding steroid dienone is 4. The third kappa shape index (κ3) is 11.8. The summed E-state index contributed by atoms with van der Waals surface area (Å²) in [6.07, 6.45) is 11.1. The normalized spacial score (nSPS) is 11.5. The van der Waals surface area contributed by atoms with Gasteiger partial charge in [0.1, 0.15) is 11.5 Å². The molecule has 0 aliphatic heterocycles. The molecular formula is C32H44O8. The van der Waals surface area contributed by atoms with Gasteiger partial charge in [-0.15, -0.1) is 0 Å². The number of hydrogen-bond acceptors (Lipinski definition) is 8. The summed E-state index contributed by atoms with van der Waals surface area (Å²) in [4.78, 5) is 0. The van der Waals surface area contributed by atoms with Crippen LogP contribution >= 0.6 is 0 Å². The van der Waals surface area contributed by atoms with Crippen LogP contribution in [0, 0.1) is 0 Å². The van der Waals surface area contributed by atoms with Gasteiger partial charge in [-0.05, 0) is 75.4 Å². The van der Waals surface area contributed by atoms with Crippen molar-refractivity contribution in [3.63, 3.8) is 0 Å². The van der Waals surface area contributed by atoms with Gasteiger partial charge in [0.2, 0.25) is 0 Å². The average molecular weight is 557 g/mol. The first-order valence-corrected chi connectivity index (χ1v) is 13.2. The first-order valence-electron chi connectivity index (χ1n) is 13.2. The van der Waals surface area contributed by atoms with Crippen molar-refractivity contribution in [2.24, 2.45) is 0 Å². The van der Waals surface area contributed by atoms with Crippen LogP contribution in [0.15, 0.2) is 53.6 Å². The van der Waals surface area contributed by atoms with Crippen LogP contribution in [-0.4, -0.2) is 55.6 Å². The molecule has 0 heterocycles. The van der Waals surface area contributed by atoms with Crippen LogP contribution in [0.5, 0.6) is 23.0 Å². The maximum absolute atomic E-state index is 5.98. The van der Waals surface area contributed by atoms with Gasteiger partial charge in [0, 0.05) is 34.0 Å². The van der Waals surface area contributed by atoms with Crippen molar-refractivity contribution in [3.8, 4) is 23.0 Å². The molecule has 0 aliphatic rings. The topological polar surface area (TPSA) is 73.8 Å². The Morgan fingerprint density at radius 2 is 1.10 bits per heavy atom. The van der Waals surface area contributed by atoms with Gasteiger partial charge in [-0.3, -0.25) is 0 Å². The highest BCUT2D eigenvalue weighted by atomic mass is 16.7. The Balaban J connectivity index is 2.39. The van der Waals surface area contributed by atoms with Crippen LogP contribution < -0.4 is 18.9 Å². The lowest BCUT2D eigenvalue weighted by molar-refractivity contribution is 0.0322. The van der Waals surface area contributed by atoms with Gasteiger partial charge >= 0.3 is 0 Å². The average Bonchev–Trinajstić information content (AvgIpc) is 2.95. The molecule has 8 nitrogen and oxygen atoms in total. The molecule has 0 aromatic heterocycles. The zero-order chi connectivity index (χ0) is 29.2. The summed E-state index contributed by atoms with van der Waals surface area (Å²) in [5.74, 6) is 2.50. The summed E-state index contributed by atoms with van der Waals surface area (Å²) in [7, 11) is 6.33. The van der Waals surface area contributed by atoms with E-state index in [9.17, 15) is 0 Å². The van der Waals surface area contributed by atoms with E-state index >= 15 is 0 Å². The zero-order valence-corrected chi connectivity index (χ0v) is 24.9. The smallest absolute Gasteiger partial charge is 0.188 e. The molecule has 0 spiro atoms. The lowest BCUT2D eigenvalue weighted by atomic mass is 10.0. The van der Waals surface area contributed by atoms with Crippen molar-refractivity contribution in [1.82, 2.24) is 0 Å². The van der Waals surface area contributed by atoms with Gasteiger partial charge in [-0.2, -0.15) is 0 Å². The predicted molar refractivity (Wildman–Crippen MR) is 158 cm³/mol. The molecule has 220 valence electrons. The fourth-order valence-corrected chi connectivity index (χ4v) is 3.70. The van der Waals surface area contributed by atoms with Crippen LogP contribution in [-0.2, 0) is 25.4 Å². The SMILES string of the molecule is COCOc1ccc(/C=C/c2cc(OCOC)c(C/C=C(\C)CCC=C(C)C)c(OCOC)c2)cc1OCOC. The van der Waals surface area contributed by atoms with Crippen molar-refractivity contribution in [2.75, 3.05) is 55.6 Å². The number of ether oxygens (including phenoxy) is 8. The Bertz CT molecular complexity index is 1090. The molecule has 8 heteroatoms. The first-order chi connectivity index (χ1) is 19.4. The molecule has 0 saturated carbocycles. The third-order valence-electron chi connectivity index (χ3n) is 5.70. The van der Waals surface area contributed by atoms with Crippen LogP contribution in [0.4, 0.5) is 0 Å². The standard InChI is InChI=1S/C32H44O8/c1-24(2)9-8-10-25(3)11-15-28-30(38-21-34-5)18-27(19-31(28)39-22-35-6)13-12-26-14-16-29(37-20-33-4)32(17-26)40-23-36-7/h9,11-14,16-19H,8,10,15,20-23H2,1-7H3/b13-12+,25-11+. The lowest BCUT2D eigenvalue weighted by Crippen LogP contribution is -2.06. The fourth-order valence-electron chi connectivity index (χ4n) is 3.70. The molecule has 0 N–H and O–H groups in total. The molecular weight excluding hydrogens is 512 g/mol. The molecule has 2 aromatic carbocycles. The summed E-state index contributed by atoms with van der Waals surface area (Å²) in [6.45, 7) is 6.85. The minimum atomic E-state index is 0.0984. The monoisotopic (exact) mass is 556 g/mol. The second-order valence-corrected chi connectivity index (χ2v) is 9.31. The number of methoxy groups -OCH3 is 4. The molecule has 0 radical (unpaired) electrons. The molecule has 0 atom stereocenters. The van der Waals surface area contributed by atoms with Crippen LogP contribution in [0.3, 0.4) is 0 Å². The molecule has 0 amide bonds. The maximum Gasteiger partial charge on any atom is 0.188 e. The van der Waals surface area contributed by atoms with Crippen LogP contribution in [0.1, 0.15) is 50.3 Å². The summed E-state index contributed by atoms with van der Waals surface area (Å²) in [5, 5.41) is 0. The van der Waals surface area contributed by atoms with Crippen molar-refractivity contribution < 1.29 is 37.9 Å². The van der Waals surface area contributed by atoms with Gasteiger partial charge in [0.05, 0.1) is 0 Å². The number of rotatable bonds is 19. The largest absolute Gasteiger partial charge is 0.467 e. The van der Waals surface area contributed by atoms with E-state index in [4.69, 9.17) is 37.9 Å². The van der Waals surface area contributed by atoms with E-state index in [1.54, 1.807) is 28.4 Å². The predicted octanol–water partition coefficient (Wildman–Crippen LogP) is 7.02. The van der Waals surface area contributed by atoms with E-state index in [2.05, 4.69) is 32.9 Å². The third-order valence-corrected chi connectivity index (χ3v) is 5.70. The van der Waals surface area contributed by atoms with E-state index in [0.29, 0.717) is 29.4 Å².